The van der Waals surface area contributed by atoms with E-state index in [-0.39, 0.29) is 6.61 Å². The zero-order valence-corrected chi connectivity index (χ0v) is 22.1. The second-order valence-corrected chi connectivity index (χ2v) is 10.4. The molecule has 200 valence electrons. The van der Waals surface area contributed by atoms with E-state index >= 15 is 0 Å². The lowest BCUT2D eigenvalue weighted by Crippen LogP contribution is -2.09. The summed E-state index contributed by atoms with van der Waals surface area (Å²) in [5.41, 5.74) is 1.72. The fourth-order valence-corrected chi connectivity index (χ4v) is 5.67. The molecule has 0 saturated heterocycles. The number of nitriles is 1. The fraction of sp³-hybridized carbons (Fsp3) is 0.179. The number of thioether (sulfide) groups is 1. The standard InChI is InChI=1S/C28H21F3N2O4S2/c1-17-11-22(9-10-24(17)37-15-26(34)35)38-16-25-23(14-36-21-4-2-3-18(12-21)13-32)33-27(39-25)19-5-7-20(8-6-19)28(29,30)31/h2-12H,14-16H2,1H3,(H,34,35). The van der Waals surface area contributed by atoms with Gasteiger partial charge < -0.3 is 14.6 Å². The lowest BCUT2D eigenvalue weighted by Gasteiger charge is -2.09. The third kappa shape index (κ3) is 7.52. The Morgan fingerprint density at radius 2 is 1.87 bits per heavy atom. The van der Waals surface area contributed by atoms with Crippen molar-refractivity contribution in [3.8, 4) is 28.1 Å². The van der Waals surface area contributed by atoms with Crippen LogP contribution < -0.4 is 9.47 Å². The van der Waals surface area contributed by atoms with Crippen molar-refractivity contribution in [2.24, 2.45) is 0 Å². The van der Waals surface area contributed by atoms with E-state index in [1.807, 2.05) is 19.1 Å². The van der Waals surface area contributed by atoms with Crippen molar-refractivity contribution in [1.82, 2.24) is 4.98 Å². The number of aromatic nitrogens is 1. The Kier molecular flexibility index (Phi) is 8.79. The summed E-state index contributed by atoms with van der Waals surface area (Å²) in [4.78, 5) is 17.3. The summed E-state index contributed by atoms with van der Waals surface area (Å²) in [6.07, 6.45) is -4.42. The molecule has 0 radical (unpaired) electrons. The van der Waals surface area contributed by atoms with Crippen LogP contribution in [0.15, 0.2) is 71.6 Å². The second-order valence-electron chi connectivity index (χ2n) is 8.29. The van der Waals surface area contributed by atoms with Gasteiger partial charge in [-0.25, -0.2) is 9.78 Å². The number of aryl methyl sites for hydroxylation is 1. The first-order valence-electron chi connectivity index (χ1n) is 11.5. The lowest BCUT2D eigenvalue weighted by atomic mass is 10.1. The van der Waals surface area contributed by atoms with E-state index in [9.17, 15) is 18.0 Å². The van der Waals surface area contributed by atoms with Crippen molar-refractivity contribution in [3.63, 3.8) is 0 Å². The molecule has 0 atom stereocenters. The smallest absolute Gasteiger partial charge is 0.416 e. The van der Waals surface area contributed by atoms with Gasteiger partial charge in [-0.1, -0.05) is 18.2 Å². The predicted octanol–water partition coefficient (Wildman–Crippen LogP) is 7.34. The minimum absolute atomic E-state index is 0.114. The third-order valence-corrected chi connectivity index (χ3v) is 7.79. The van der Waals surface area contributed by atoms with Crippen molar-refractivity contribution in [3.05, 3.63) is 94.0 Å². The molecule has 0 bridgehead atoms. The summed E-state index contributed by atoms with van der Waals surface area (Å²) in [6, 6.07) is 19.1. The fourth-order valence-electron chi connectivity index (χ4n) is 3.50. The van der Waals surface area contributed by atoms with Crippen molar-refractivity contribution < 1.29 is 32.5 Å². The van der Waals surface area contributed by atoms with Gasteiger partial charge in [-0.05, 0) is 61.0 Å². The monoisotopic (exact) mass is 570 g/mol. The molecule has 0 spiro atoms. The van der Waals surface area contributed by atoms with Crippen LogP contribution in [0.1, 0.15) is 27.3 Å². The number of rotatable bonds is 10. The lowest BCUT2D eigenvalue weighted by molar-refractivity contribution is -0.139. The summed E-state index contributed by atoms with van der Waals surface area (Å²) >= 11 is 2.90. The van der Waals surface area contributed by atoms with E-state index in [1.54, 1.807) is 30.3 Å². The molecular formula is C28H21F3N2O4S2. The zero-order chi connectivity index (χ0) is 28.0. The minimum atomic E-state index is -4.42. The molecule has 4 aromatic rings. The van der Waals surface area contributed by atoms with Crippen molar-refractivity contribution >= 4 is 29.1 Å². The third-order valence-electron chi connectivity index (χ3n) is 5.44. The quantitative estimate of drug-likeness (QED) is 0.199. The number of benzene rings is 3. The first-order valence-corrected chi connectivity index (χ1v) is 13.3. The van der Waals surface area contributed by atoms with Crippen LogP contribution in [-0.4, -0.2) is 22.7 Å². The summed E-state index contributed by atoms with van der Waals surface area (Å²) in [5.74, 6) is 0.447. The molecule has 1 N–H and O–H groups in total. The molecule has 0 aliphatic heterocycles. The highest BCUT2D eigenvalue weighted by Crippen LogP contribution is 2.36. The molecule has 1 heterocycles. The van der Waals surface area contributed by atoms with Crippen LogP contribution in [-0.2, 0) is 23.3 Å². The summed E-state index contributed by atoms with van der Waals surface area (Å²) in [5, 5.41) is 18.5. The number of carboxylic acid groups (broad SMARTS) is 1. The highest BCUT2D eigenvalue weighted by molar-refractivity contribution is 7.98. The number of thiazole rings is 1. The van der Waals surface area contributed by atoms with Crippen molar-refractivity contribution in [2.75, 3.05) is 6.61 Å². The maximum atomic E-state index is 13.0. The molecule has 1 aromatic heterocycles. The summed E-state index contributed by atoms with van der Waals surface area (Å²) in [7, 11) is 0. The molecule has 6 nitrogen and oxygen atoms in total. The SMILES string of the molecule is Cc1cc(SCc2sc(-c3ccc(C(F)(F)F)cc3)nc2COc2cccc(C#N)c2)ccc1OCC(=O)O. The number of nitrogens with zero attached hydrogens (tertiary/aromatic N) is 2. The van der Waals surface area contributed by atoms with Gasteiger partial charge >= 0.3 is 12.1 Å². The molecule has 11 heteroatoms. The average Bonchev–Trinajstić information content (AvgIpc) is 3.33. The molecule has 0 aliphatic carbocycles. The highest BCUT2D eigenvalue weighted by Gasteiger charge is 2.30. The van der Waals surface area contributed by atoms with Gasteiger partial charge in [0.15, 0.2) is 6.61 Å². The second kappa shape index (κ2) is 12.2. The number of hydrogen-bond donors (Lipinski definition) is 1. The first kappa shape index (κ1) is 28.0. The molecule has 0 fully saturated rings. The van der Waals surface area contributed by atoms with Crippen LogP contribution in [0.25, 0.3) is 10.6 Å². The molecule has 0 aliphatic rings. The summed E-state index contributed by atoms with van der Waals surface area (Å²) in [6.45, 7) is 1.51. The molecule has 3 aromatic carbocycles. The first-order chi connectivity index (χ1) is 18.6. The summed E-state index contributed by atoms with van der Waals surface area (Å²) < 4.78 is 50.2. The van der Waals surface area contributed by atoms with Gasteiger partial charge in [-0.3, -0.25) is 0 Å². The van der Waals surface area contributed by atoms with Gasteiger partial charge in [0.2, 0.25) is 0 Å². The van der Waals surface area contributed by atoms with Gasteiger partial charge in [-0.15, -0.1) is 23.1 Å². The van der Waals surface area contributed by atoms with Crippen LogP contribution >= 0.6 is 23.1 Å². The van der Waals surface area contributed by atoms with Crippen LogP contribution in [0.2, 0.25) is 0 Å². The largest absolute Gasteiger partial charge is 0.487 e. The normalized spacial score (nSPS) is 11.2. The van der Waals surface area contributed by atoms with Gasteiger partial charge in [0.05, 0.1) is 22.9 Å². The van der Waals surface area contributed by atoms with E-state index < -0.39 is 24.3 Å². The van der Waals surface area contributed by atoms with Crippen molar-refractivity contribution in [2.45, 2.75) is 30.4 Å². The van der Waals surface area contributed by atoms with Crippen LogP contribution in [0.5, 0.6) is 11.5 Å². The van der Waals surface area contributed by atoms with E-state index in [0.717, 1.165) is 27.5 Å². The molecule has 0 saturated carbocycles. The molecule has 39 heavy (non-hydrogen) atoms. The van der Waals surface area contributed by atoms with E-state index in [4.69, 9.17) is 19.8 Å². The Labute approximate surface area is 230 Å². The number of halogens is 3. The minimum Gasteiger partial charge on any atom is -0.487 e. The number of hydrogen-bond acceptors (Lipinski definition) is 7. The Morgan fingerprint density at radius 3 is 2.54 bits per heavy atom. The maximum Gasteiger partial charge on any atom is 0.416 e. The number of alkyl halides is 3. The van der Waals surface area contributed by atoms with Crippen LogP contribution in [0.3, 0.4) is 0 Å². The van der Waals surface area contributed by atoms with E-state index in [0.29, 0.717) is 39.1 Å². The number of aliphatic carboxylic acids is 1. The van der Waals surface area contributed by atoms with Gasteiger partial charge in [0, 0.05) is 21.1 Å². The molecule has 4 rings (SSSR count). The predicted molar refractivity (Wildman–Crippen MR) is 142 cm³/mol. The van der Waals surface area contributed by atoms with Crippen molar-refractivity contribution in [1.29, 1.82) is 5.26 Å². The Balaban J connectivity index is 1.55. The van der Waals surface area contributed by atoms with E-state index in [1.165, 1.54) is 35.2 Å². The molecule has 0 amide bonds. The van der Waals surface area contributed by atoms with Crippen LogP contribution in [0.4, 0.5) is 13.2 Å². The van der Waals surface area contributed by atoms with E-state index in [2.05, 4.69) is 11.1 Å². The molecular weight excluding hydrogens is 549 g/mol. The maximum absolute atomic E-state index is 13.0. The Hall–Kier alpha value is -4.01. The highest BCUT2D eigenvalue weighted by atomic mass is 32.2. The number of ether oxygens (including phenoxy) is 2. The zero-order valence-electron chi connectivity index (χ0n) is 20.5. The van der Waals surface area contributed by atoms with Gasteiger partial charge in [0.25, 0.3) is 0 Å². The number of carbonyl (C=O) groups is 1. The Morgan fingerprint density at radius 1 is 1.10 bits per heavy atom. The number of carboxylic acids is 1. The van der Waals surface area contributed by atoms with Gasteiger partial charge in [0.1, 0.15) is 23.1 Å². The van der Waals surface area contributed by atoms with Crippen LogP contribution in [0, 0.1) is 18.3 Å². The Bertz CT molecular complexity index is 1510. The topological polar surface area (TPSA) is 92.4 Å². The average molecular weight is 571 g/mol. The molecule has 0 unspecified atom stereocenters. The van der Waals surface area contributed by atoms with Gasteiger partial charge in [-0.2, -0.15) is 18.4 Å².